The molecule has 0 aliphatic heterocycles. The zero-order valence-corrected chi connectivity index (χ0v) is 23.8. The van der Waals surface area contributed by atoms with Gasteiger partial charge in [0.15, 0.2) is 0 Å². The number of primary sulfonamides is 1. The number of anilines is 1. The Morgan fingerprint density at radius 2 is 1.32 bits per heavy atom. The first-order chi connectivity index (χ1) is 18.9. The van der Waals surface area contributed by atoms with Gasteiger partial charge in [0.05, 0.1) is 42.7 Å². The van der Waals surface area contributed by atoms with E-state index in [-0.39, 0.29) is 10.8 Å². The van der Waals surface area contributed by atoms with E-state index in [1.165, 1.54) is 24.3 Å². The second-order valence-electron chi connectivity index (χ2n) is 9.47. The van der Waals surface area contributed by atoms with Crippen LogP contribution in [0.3, 0.4) is 0 Å². The Morgan fingerprint density at radius 1 is 0.800 bits per heavy atom. The molecule has 0 radical (unpaired) electrons. The van der Waals surface area contributed by atoms with E-state index >= 15 is 0 Å². The molecule has 0 aromatic heterocycles. The maximum absolute atomic E-state index is 12.0. The second kappa shape index (κ2) is 16.5. The Morgan fingerprint density at radius 3 is 1.85 bits per heavy atom. The molecule has 2 rings (SSSR count). The Balaban J connectivity index is 1.50. The Hall–Kier alpha value is -3.59. The molecule has 0 aliphatic carbocycles. The highest BCUT2D eigenvalue weighted by Gasteiger charge is 2.15. The number of carbonyl (C=O) groups is 2. The number of nitrogens with zero attached hydrogens (tertiary/aromatic N) is 2. The van der Waals surface area contributed by atoms with E-state index in [0.717, 1.165) is 5.69 Å². The highest BCUT2D eigenvalue weighted by atomic mass is 32.2. The minimum atomic E-state index is -3.75. The monoisotopic (exact) mass is 578 g/mol. The fourth-order valence-electron chi connectivity index (χ4n) is 3.00. The van der Waals surface area contributed by atoms with E-state index in [0.29, 0.717) is 63.9 Å². The zero-order chi connectivity index (χ0) is 29.4. The van der Waals surface area contributed by atoms with Crippen molar-refractivity contribution in [3.63, 3.8) is 0 Å². The molecule has 0 unspecified atom stereocenters. The SMILES string of the molecule is CC(C)(C)OC(=O)NCCOCCOCCNC(=O)CCNc1ccc(/N=N/c2ccc(S(N)(=O)=O)cc2)cc1. The standard InChI is InChI=1S/C26H38N6O7S/c1-26(2,3)39-25(34)30-15-17-38-19-18-37-16-14-29-24(33)12-13-28-20-4-6-21(7-5-20)31-32-22-8-10-23(11-9-22)40(27,35)36/h4-11,28H,12-19H2,1-3H3,(H,29,33)(H,30,34)(H2,27,35,36)/b32-31+. The van der Waals surface area contributed by atoms with Crippen LogP contribution < -0.4 is 21.1 Å². The maximum atomic E-state index is 12.0. The highest BCUT2D eigenvalue weighted by Crippen LogP contribution is 2.21. The number of alkyl carbamates (subject to hydrolysis) is 1. The van der Waals surface area contributed by atoms with Gasteiger partial charge in [0.1, 0.15) is 5.60 Å². The molecule has 0 heterocycles. The molecule has 40 heavy (non-hydrogen) atoms. The molecule has 0 saturated heterocycles. The minimum Gasteiger partial charge on any atom is -0.444 e. The van der Waals surface area contributed by atoms with Crippen molar-refractivity contribution in [3.8, 4) is 0 Å². The number of azo groups is 1. The van der Waals surface area contributed by atoms with Gasteiger partial charge in [-0.1, -0.05) is 0 Å². The van der Waals surface area contributed by atoms with Crippen LogP contribution in [0.2, 0.25) is 0 Å². The minimum absolute atomic E-state index is 0.00801. The molecule has 220 valence electrons. The smallest absolute Gasteiger partial charge is 0.407 e. The molecule has 0 atom stereocenters. The molecular weight excluding hydrogens is 540 g/mol. The van der Waals surface area contributed by atoms with Gasteiger partial charge < -0.3 is 30.2 Å². The van der Waals surface area contributed by atoms with Crippen molar-refractivity contribution in [3.05, 3.63) is 48.5 Å². The molecule has 2 aromatic rings. The molecule has 0 fully saturated rings. The Bertz CT molecular complexity index is 1200. The quantitative estimate of drug-likeness (QED) is 0.173. The number of carbonyl (C=O) groups excluding carboxylic acids is 2. The first-order valence-electron chi connectivity index (χ1n) is 12.7. The summed E-state index contributed by atoms with van der Waals surface area (Å²) in [6, 6.07) is 12.9. The number of nitrogens with two attached hydrogens (primary N) is 1. The number of hydrogen-bond acceptors (Lipinski definition) is 10. The lowest BCUT2D eigenvalue weighted by atomic mass is 10.2. The summed E-state index contributed by atoms with van der Waals surface area (Å²) in [6.45, 7) is 8.05. The fourth-order valence-corrected chi connectivity index (χ4v) is 3.51. The number of rotatable bonds is 16. The number of ether oxygens (including phenoxy) is 3. The highest BCUT2D eigenvalue weighted by molar-refractivity contribution is 7.89. The van der Waals surface area contributed by atoms with Crippen molar-refractivity contribution in [2.24, 2.45) is 15.4 Å². The summed E-state index contributed by atoms with van der Waals surface area (Å²) >= 11 is 0. The third-order valence-corrected chi connectivity index (χ3v) is 5.78. The van der Waals surface area contributed by atoms with Gasteiger partial charge in [-0.3, -0.25) is 4.79 Å². The van der Waals surface area contributed by atoms with Gasteiger partial charge in [-0.15, -0.1) is 0 Å². The van der Waals surface area contributed by atoms with Crippen molar-refractivity contribution < 1.29 is 32.2 Å². The third kappa shape index (κ3) is 14.5. The summed E-state index contributed by atoms with van der Waals surface area (Å²) in [5, 5.41) is 21.8. The molecule has 0 saturated carbocycles. The van der Waals surface area contributed by atoms with Gasteiger partial charge in [0.25, 0.3) is 0 Å². The van der Waals surface area contributed by atoms with E-state index in [1.54, 1.807) is 32.9 Å². The van der Waals surface area contributed by atoms with E-state index in [9.17, 15) is 18.0 Å². The zero-order valence-electron chi connectivity index (χ0n) is 23.0. The summed E-state index contributed by atoms with van der Waals surface area (Å²) in [7, 11) is -3.75. The average Bonchev–Trinajstić information content (AvgIpc) is 2.88. The van der Waals surface area contributed by atoms with Gasteiger partial charge in [-0.2, -0.15) is 10.2 Å². The normalized spacial score (nSPS) is 11.8. The number of hydrogen-bond donors (Lipinski definition) is 4. The first-order valence-corrected chi connectivity index (χ1v) is 14.2. The van der Waals surface area contributed by atoms with Crippen LogP contribution in [-0.4, -0.2) is 72.1 Å². The molecule has 2 aromatic carbocycles. The molecule has 0 spiro atoms. The number of benzene rings is 2. The van der Waals surface area contributed by atoms with E-state index in [1.807, 2.05) is 12.1 Å². The number of amides is 2. The molecule has 2 amide bonds. The van der Waals surface area contributed by atoms with Crippen LogP contribution in [0.5, 0.6) is 0 Å². The molecule has 0 aliphatic rings. The molecular formula is C26H38N6O7S. The molecule has 14 heteroatoms. The van der Waals surface area contributed by atoms with E-state index in [4.69, 9.17) is 19.3 Å². The van der Waals surface area contributed by atoms with Crippen LogP contribution in [0.4, 0.5) is 21.9 Å². The largest absolute Gasteiger partial charge is 0.444 e. The van der Waals surface area contributed by atoms with Crippen molar-refractivity contribution in [2.45, 2.75) is 37.7 Å². The number of nitrogens with one attached hydrogen (secondary N) is 3. The van der Waals surface area contributed by atoms with Gasteiger partial charge in [0.2, 0.25) is 15.9 Å². The predicted octanol–water partition coefficient (Wildman–Crippen LogP) is 3.23. The van der Waals surface area contributed by atoms with Crippen molar-refractivity contribution in [1.82, 2.24) is 10.6 Å². The summed E-state index contributed by atoms with van der Waals surface area (Å²) in [6.07, 6.45) is -0.186. The lowest BCUT2D eigenvalue weighted by molar-refractivity contribution is -0.121. The van der Waals surface area contributed by atoms with Gasteiger partial charge in [0, 0.05) is 31.7 Å². The van der Waals surface area contributed by atoms with Crippen molar-refractivity contribution >= 4 is 39.1 Å². The second-order valence-corrected chi connectivity index (χ2v) is 11.0. The topological polar surface area (TPSA) is 183 Å². The summed E-state index contributed by atoms with van der Waals surface area (Å²) in [4.78, 5) is 23.5. The predicted molar refractivity (Wildman–Crippen MR) is 150 cm³/mol. The maximum Gasteiger partial charge on any atom is 0.407 e. The summed E-state index contributed by atoms with van der Waals surface area (Å²) in [5.74, 6) is -0.0977. The van der Waals surface area contributed by atoms with Crippen LogP contribution >= 0.6 is 0 Å². The number of sulfonamides is 1. The first kappa shape index (κ1) is 32.6. The van der Waals surface area contributed by atoms with Gasteiger partial charge in [-0.25, -0.2) is 18.4 Å². The van der Waals surface area contributed by atoms with Crippen LogP contribution in [0, 0.1) is 0 Å². The fraction of sp³-hybridized carbons (Fsp3) is 0.462. The lowest BCUT2D eigenvalue weighted by Gasteiger charge is -2.19. The van der Waals surface area contributed by atoms with Crippen LogP contribution in [0.15, 0.2) is 63.7 Å². The van der Waals surface area contributed by atoms with Crippen LogP contribution in [0.1, 0.15) is 27.2 Å². The van der Waals surface area contributed by atoms with Crippen LogP contribution in [0.25, 0.3) is 0 Å². The Labute approximate surface area is 234 Å². The van der Waals surface area contributed by atoms with E-state index in [2.05, 4.69) is 26.2 Å². The molecule has 0 bridgehead atoms. The summed E-state index contributed by atoms with van der Waals surface area (Å²) < 4.78 is 38.5. The summed E-state index contributed by atoms with van der Waals surface area (Å²) in [5.41, 5.74) is 1.39. The lowest BCUT2D eigenvalue weighted by Crippen LogP contribution is -2.34. The third-order valence-electron chi connectivity index (χ3n) is 4.85. The van der Waals surface area contributed by atoms with Crippen molar-refractivity contribution in [1.29, 1.82) is 0 Å². The molecule has 13 nitrogen and oxygen atoms in total. The van der Waals surface area contributed by atoms with E-state index < -0.39 is 21.7 Å². The molecule has 5 N–H and O–H groups in total. The Kier molecular flexibility index (Phi) is 13.5. The average molecular weight is 579 g/mol. The van der Waals surface area contributed by atoms with Gasteiger partial charge >= 0.3 is 6.09 Å². The van der Waals surface area contributed by atoms with Crippen LogP contribution in [-0.2, 0) is 29.0 Å². The van der Waals surface area contributed by atoms with Crippen molar-refractivity contribution in [2.75, 3.05) is 51.4 Å². The van der Waals surface area contributed by atoms with Gasteiger partial charge in [-0.05, 0) is 69.3 Å².